The normalized spacial score (nSPS) is 12.3. The van der Waals surface area contributed by atoms with Crippen molar-refractivity contribution in [3.8, 4) is 0 Å². The van der Waals surface area contributed by atoms with Crippen molar-refractivity contribution in [3.05, 3.63) is 57.8 Å². The van der Waals surface area contributed by atoms with Crippen LogP contribution < -0.4 is 5.32 Å². The Labute approximate surface area is 147 Å². The number of hydrogen-bond donors (Lipinski definition) is 1. The van der Waals surface area contributed by atoms with E-state index in [1.54, 1.807) is 18.4 Å². The van der Waals surface area contributed by atoms with Crippen LogP contribution in [0.2, 0.25) is 0 Å². The summed E-state index contributed by atoms with van der Waals surface area (Å²) in [5, 5.41) is 5.09. The summed E-state index contributed by atoms with van der Waals surface area (Å²) in [5.74, 6) is 0.362. The van der Waals surface area contributed by atoms with Crippen molar-refractivity contribution in [3.63, 3.8) is 0 Å². The number of nitrogens with one attached hydrogen (secondary N) is 1. The lowest BCUT2D eigenvalue weighted by Crippen LogP contribution is -2.32. The SMILES string of the molecule is COCCOCC(=O)NC(c1ccc(C(C)C)cc1)c1cccs1. The zero-order valence-electron chi connectivity index (χ0n) is 14.5. The van der Waals surface area contributed by atoms with Crippen LogP contribution >= 0.6 is 11.3 Å². The van der Waals surface area contributed by atoms with E-state index in [2.05, 4.69) is 43.4 Å². The lowest BCUT2D eigenvalue weighted by Gasteiger charge is -2.19. The van der Waals surface area contributed by atoms with Gasteiger partial charge >= 0.3 is 0 Å². The van der Waals surface area contributed by atoms with Gasteiger partial charge in [-0.3, -0.25) is 4.79 Å². The Balaban J connectivity index is 2.07. The van der Waals surface area contributed by atoms with E-state index in [4.69, 9.17) is 9.47 Å². The third-order valence-corrected chi connectivity index (χ3v) is 4.67. The van der Waals surface area contributed by atoms with E-state index in [9.17, 15) is 4.79 Å². The first kappa shape index (κ1) is 18.6. The molecule has 1 aromatic carbocycles. The second kappa shape index (κ2) is 9.57. The summed E-state index contributed by atoms with van der Waals surface area (Å²) >= 11 is 1.63. The molecule has 0 spiro atoms. The Morgan fingerprint density at radius 3 is 2.42 bits per heavy atom. The van der Waals surface area contributed by atoms with E-state index in [0.717, 1.165) is 10.4 Å². The van der Waals surface area contributed by atoms with Gasteiger partial charge in [0.2, 0.25) is 5.91 Å². The first-order chi connectivity index (χ1) is 11.6. The third-order valence-electron chi connectivity index (χ3n) is 3.73. The van der Waals surface area contributed by atoms with Crippen LogP contribution in [0.4, 0.5) is 0 Å². The molecular weight excluding hydrogens is 322 g/mol. The molecule has 1 unspecified atom stereocenters. The molecule has 0 aliphatic carbocycles. The van der Waals surface area contributed by atoms with Gasteiger partial charge in [-0.15, -0.1) is 11.3 Å². The van der Waals surface area contributed by atoms with Crippen molar-refractivity contribution < 1.29 is 14.3 Å². The zero-order valence-corrected chi connectivity index (χ0v) is 15.3. The molecule has 0 saturated carbocycles. The summed E-state index contributed by atoms with van der Waals surface area (Å²) in [6.45, 7) is 5.28. The van der Waals surface area contributed by atoms with Crippen LogP contribution in [0.25, 0.3) is 0 Å². The van der Waals surface area contributed by atoms with Crippen molar-refractivity contribution in [2.45, 2.75) is 25.8 Å². The molecule has 0 aliphatic rings. The van der Waals surface area contributed by atoms with Gasteiger partial charge in [0.05, 0.1) is 19.3 Å². The van der Waals surface area contributed by atoms with Gasteiger partial charge in [-0.1, -0.05) is 44.2 Å². The first-order valence-electron chi connectivity index (χ1n) is 8.11. The van der Waals surface area contributed by atoms with Gasteiger partial charge in [0.1, 0.15) is 6.61 Å². The van der Waals surface area contributed by atoms with Crippen molar-refractivity contribution in [1.29, 1.82) is 0 Å². The van der Waals surface area contributed by atoms with Crippen molar-refractivity contribution >= 4 is 17.2 Å². The second-order valence-electron chi connectivity index (χ2n) is 5.88. The Kier molecular flexibility index (Phi) is 7.43. The third kappa shape index (κ3) is 5.44. The van der Waals surface area contributed by atoms with Gasteiger partial charge in [-0.2, -0.15) is 0 Å². The van der Waals surface area contributed by atoms with Crippen molar-refractivity contribution in [2.24, 2.45) is 0 Å². The highest BCUT2D eigenvalue weighted by molar-refractivity contribution is 7.10. The number of ether oxygens (including phenoxy) is 2. The molecule has 24 heavy (non-hydrogen) atoms. The molecule has 1 atom stereocenters. The molecule has 0 fully saturated rings. The zero-order chi connectivity index (χ0) is 17.4. The Bertz CT molecular complexity index is 608. The molecule has 2 rings (SSSR count). The Hall–Kier alpha value is -1.69. The summed E-state index contributed by atoms with van der Waals surface area (Å²) in [6.07, 6.45) is 0. The smallest absolute Gasteiger partial charge is 0.246 e. The largest absolute Gasteiger partial charge is 0.382 e. The lowest BCUT2D eigenvalue weighted by molar-refractivity contribution is -0.126. The minimum absolute atomic E-state index is 0.0370. The van der Waals surface area contributed by atoms with Crippen LogP contribution in [0.15, 0.2) is 41.8 Å². The number of benzene rings is 1. The summed E-state index contributed by atoms with van der Waals surface area (Å²) < 4.78 is 10.2. The summed E-state index contributed by atoms with van der Waals surface area (Å²) in [5.41, 5.74) is 2.37. The quantitative estimate of drug-likeness (QED) is 0.703. The van der Waals surface area contributed by atoms with E-state index in [1.165, 1.54) is 5.56 Å². The fourth-order valence-electron chi connectivity index (χ4n) is 2.36. The van der Waals surface area contributed by atoms with Gasteiger partial charge in [0.15, 0.2) is 0 Å². The van der Waals surface area contributed by atoms with Crippen LogP contribution in [0.3, 0.4) is 0 Å². The lowest BCUT2D eigenvalue weighted by atomic mass is 9.98. The van der Waals surface area contributed by atoms with Gasteiger partial charge in [-0.25, -0.2) is 0 Å². The number of carbonyl (C=O) groups is 1. The van der Waals surface area contributed by atoms with Crippen LogP contribution in [-0.2, 0) is 14.3 Å². The summed E-state index contributed by atoms with van der Waals surface area (Å²) in [6, 6.07) is 12.3. The maximum Gasteiger partial charge on any atom is 0.246 e. The topological polar surface area (TPSA) is 47.6 Å². The molecule has 0 aliphatic heterocycles. The summed E-state index contributed by atoms with van der Waals surface area (Å²) in [4.78, 5) is 13.3. The first-order valence-corrected chi connectivity index (χ1v) is 8.99. The average Bonchev–Trinajstić information content (AvgIpc) is 3.11. The number of thiophene rings is 1. The summed E-state index contributed by atoms with van der Waals surface area (Å²) in [7, 11) is 1.61. The number of carbonyl (C=O) groups excluding carboxylic acids is 1. The number of amides is 1. The van der Waals surface area contributed by atoms with Crippen LogP contribution in [-0.4, -0.2) is 32.8 Å². The molecule has 1 amide bonds. The standard InChI is InChI=1S/C19H25NO3S/c1-14(2)15-6-8-16(9-7-15)19(17-5-4-12-24-17)20-18(21)13-23-11-10-22-3/h4-9,12,14,19H,10-11,13H2,1-3H3,(H,20,21). The number of rotatable bonds is 9. The van der Waals surface area contributed by atoms with E-state index < -0.39 is 0 Å². The number of methoxy groups -OCH3 is 1. The maximum atomic E-state index is 12.2. The van der Waals surface area contributed by atoms with E-state index in [0.29, 0.717) is 19.1 Å². The predicted octanol–water partition coefficient (Wildman–Crippen LogP) is 3.74. The minimum atomic E-state index is -0.148. The molecule has 130 valence electrons. The van der Waals surface area contributed by atoms with Gasteiger partial charge in [0, 0.05) is 12.0 Å². The fraction of sp³-hybridized carbons (Fsp3) is 0.421. The van der Waals surface area contributed by atoms with Gasteiger partial charge in [-0.05, 0) is 28.5 Å². The molecule has 5 heteroatoms. The Morgan fingerprint density at radius 1 is 1.12 bits per heavy atom. The molecule has 1 N–H and O–H groups in total. The molecule has 4 nitrogen and oxygen atoms in total. The fourth-order valence-corrected chi connectivity index (χ4v) is 3.16. The van der Waals surface area contributed by atoms with E-state index >= 15 is 0 Å². The highest BCUT2D eigenvalue weighted by atomic mass is 32.1. The molecule has 0 bridgehead atoms. The van der Waals surface area contributed by atoms with Crippen LogP contribution in [0, 0.1) is 0 Å². The molecular formula is C19H25NO3S. The van der Waals surface area contributed by atoms with Gasteiger partial charge in [0.25, 0.3) is 0 Å². The van der Waals surface area contributed by atoms with Gasteiger partial charge < -0.3 is 14.8 Å². The highest BCUT2D eigenvalue weighted by Gasteiger charge is 2.18. The average molecular weight is 347 g/mol. The predicted molar refractivity (Wildman–Crippen MR) is 97.5 cm³/mol. The van der Waals surface area contributed by atoms with E-state index in [1.807, 2.05) is 17.5 Å². The molecule has 1 heterocycles. The number of hydrogen-bond acceptors (Lipinski definition) is 4. The highest BCUT2D eigenvalue weighted by Crippen LogP contribution is 2.27. The molecule has 2 aromatic rings. The van der Waals surface area contributed by atoms with Crippen LogP contribution in [0.1, 0.15) is 41.8 Å². The maximum absolute atomic E-state index is 12.2. The van der Waals surface area contributed by atoms with Crippen molar-refractivity contribution in [1.82, 2.24) is 5.32 Å². The monoisotopic (exact) mass is 347 g/mol. The van der Waals surface area contributed by atoms with Crippen molar-refractivity contribution in [2.75, 3.05) is 26.9 Å². The van der Waals surface area contributed by atoms with Crippen LogP contribution in [0.5, 0.6) is 0 Å². The minimum Gasteiger partial charge on any atom is -0.382 e. The Morgan fingerprint density at radius 2 is 1.83 bits per heavy atom. The second-order valence-corrected chi connectivity index (χ2v) is 6.86. The molecule has 1 aromatic heterocycles. The molecule has 0 radical (unpaired) electrons. The molecule has 0 saturated heterocycles. The van der Waals surface area contributed by atoms with E-state index in [-0.39, 0.29) is 18.6 Å².